The van der Waals surface area contributed by atoms with E-state index in [2.05, 4.69) is 170 Å². The zero-order chi connectivity index (χ0) is 35.6. The molecule has 1 saturated carbocycles. The van der Waals surface area contributed by atoms with Gasteiger partial charge in [-0.1, -0.05) is 117 Å². The lowest BCUT2D eigenvalue weighted by Gasteiger charge is -2.22. The Labute approximate surface area is 308 Å². The third kappa shape index (κ3) is 6.42. The molecule has 6 aromatic rings. The number of aromatic nitrogens is 1. The standard InChI is InChI=1S/C49H45N3/c1-5-36(31-44-35(4)51-46-22-14-12-20-42(44)46)40-26-29-49-45(32-40)43-21-13-15-23-48(43)52(49)41-27-24-39(25-28-41)47(30-33(2)37-16-8-6-9-17-37)50-34(3)38-18-10-7-11-19-38/h5-6,8-9,12,14,16-17,20-30,32,38,44,51H,3-4,7,10-11,18-19,31H2,1-2H3/b33-30+,36-5+,50-47+. The molecule has 2 heterocycles. The molecule has 1 aliphatic heterocycles. The van der Waals surface area contributed by atoms with Crippen LogP contribution in [0.4, 0.5) is 5.69 Å². The summed E-state index contributed by atoms with van der Waals surface area (Å²) >= 11 is 0. The van der Waals surface area contributed by atoms with Crippen molar-refractivity contribution in [3.05, 3.63) is 180 Å². The van der Waals surface area contributed by atoms with Crippen molar-refractivity contribution in [3.8, 4) is 5.69 Å². The minimum atomic E-state index is 0.237. The summed E-state index contributed by atoms with van der Waals surface area (Å²) in [7, 11) is 0. The summed E-state index contributed by atoms with van der Waals surface area (Å²) in [5.41, 5.74) is 14.9. The Bertz CT molecular complexity index is 2380. The smallest absolute Gasteiger partial charge is 0.0708 e. The Balaban J connectivity index is 1.15. The van der Waals surface area contributed by atoms with E-state index >= 15 is 0 Å². The van der Waals surface area contributed by atoms with E-state index in [-0.39, 0.29) is 5.92 Å². The monoisotopic (exact) mass is 675 g/mol. The van der Waals surface area contributed by atoms with E-state index in [1.807, 2.05) is 0 Å². The SMILES string of the molecule is C=C(/N=C(\C=C(/C)c1ccccc1)c1ccc(-n2c3cc#ccc3c3cc(/C(=C/C)CC4C(=C)Nc5ccccc54)ccc32)cc1)C1CCCCC1. The maximum Gasteiger partial charge on any atom is 0.0708 e. The van der Waals surface area contributed by atoms with Gasteiger partial charge in [0.25, 0.3) is 0 Å². The zero-order valence-corrected chi connectivity index (χ0v) is 30.3. The fraction of sp³-hybridized carbons (Fsp3) is 0.204. The first-order valence-electron chi connectivity index (χ1n) is 18.7. The lowest BCUT2D eigenvalue weighted by atomic mass is 9.87. The maximum absolute atomic E-state index is 5.23. The highest BCUT2D eigenvalue weighted by molar-refractivity contribution is 6.13. The number of fused-ring (bicyclic) bond motifs is 4. The molecule has 3 heteroatoms. The number of para-hydroxylation sites is 1. The van der Waals surface area contributed by atoms with Crippen LogP contribution in [0.3, 0.4) is 0 Å². The second-order valence-electron chi connectivity index (χ2n) is 14.3. The normalized spacial score (nSPS) is 16.9. The maximum atomic E-state index is 5.23. The number of nitrogens with one attached hydrogen (secondary N) is 1. The van der Waals surface area contributed by atoms with Crippen molar-refractivity contribution in [2.45, 2.75) is 58.3 Å². The topological polar surface area (TPSA) is 29.3 Å². The Hall–Kier alpha value is -5.85. The van der Waals surface area contributed by atoms with E-state index in [4.69, 9.17) is 4.99 Å². The molecule has 2 aliphatic rings. The first-order chi connectivity index (χ1) is 25.5. The summed E-state index contributed by atoms with van der Waals surface area (Å²) in [6.07, 6.45) is 11.6. The number of benzene rings is 4. The van der Waals surface area contributed by atoms with Crippen LogP contribution in [0.1, 0.15) is 80.5 Å². The highest BCUT2D eigenvalue weighted by atomic mass is 15.0. The van der Waals surface area contributed by atoms with Crippen LogP contribution in [0, 0.1) is 18.1 Å². The molecule has 0 radical (unpaired) electrons. The Morgan fingerprint density at radius 3 is 2.35 bits per heavy atom. The Morgan fingerprint density at radius 1 is 0.827 bits per heavy atom. The number of hydrogen-bond acceptors (Lipinski definition) is 2. The van der Waals surface area contributed by atoms with E-state index in [1.54, 1.807) is 0 Å². The van der Waals surface area contributed by atoms with E-state index in [1.165, 1.54) is 76.4 Å². The van der Waals surface area contributed by atoms with Crippen LogP contribution in [-0.4, -0.2) is 10.3 Å². The van der Waals surface area contributed by atoms with Crippen molar-refractivity contribution >= 4 is 44.4 Å². The van der Waals surface area contributed by atoms with Crippen LogP contribution in [0.25, 0.3) is 38.6 Å². The molecule has 0 bridgehead atoms. The number of hydrogen-bond donors (Lipinski definition) is 1. The highest BCUT2D eigenvalue weighted by Gasteiger charge is 2.27. The van der Waals surface area contributed by atoms with Crippen LogP contribution in [0.2, 0.25) is 0 Å². The molecule has 0 spiro atoms. The second kappa shape index (κ2) is 14.4. The van der Waals surface area contributed by atoms with Gasteiger partial charge in [-0.25, -0.2) is 0 Å². The summed E-state index contributed by atoms with van der Waals surface area (Å²) in [6.45, 7) is 13.2. The molecule has 8 rings (SSSR count). The molecule has 1 N–H and O–H groups in total. The fourth-order valence-corrected chi connectivity index (χ4v) is 8.18. The average molecular weight is 676 g/mol. The molecule has 0 amide bonds. The van der Waals surface area contributed by atoms with Crippen molar-refractivity contribution in [1.82, 2.24) is 4.57 Å². The first kappa shape index (κ1) is 33.3. The number of rotatable bonds is 9. The zero-order valence-electron chi connectivity index (χ0n) is 30.3. The van der Waals surface area contributed by atoms with Crippen LogP contribution in [-0.2, 0) is 0 Å². The third-order valence-electron chi connectivity index (χ3n) is 11.1. The van der Waals surface area contributed by atoms with Gasteiger partial charge < -0.3 is 9.88 Å². The van der Waals surface area contributed by atoms with Crippen LogP contribution >= 0.6 is 0 Å². The molecule has 1 aliphatic carbocycles. The second-order valence-corrected chi connectivity index (χ2v) is 14.3. The van der Waals surface area contributed by atoms with E-state index in [9.17, 15) is 0 Å². The summed E-state index contributed by atoms with van der Waals surface area (Å²) in [5, 5.41) is 5.88. The Kier molecular flexibility index (Phi) is 9.23. The van der Waals surface area contributed by atoms with Crippen LogP contribution in [0.15, 0.2) is 151 Å². The molecule has 3 nitrogen and oxygen atoms in total. The third-order valence-corrected chi connectivity index (χ3v) is 11.1. The van der Waals surface area contributed by atoms with Crippen LogP contribution < -0.4 is 5.32 Å². The molecule has 0 saturated heterocycles. The summed E-state index contributed by atoms with van der Waals surface area (Å²) in [5.74, 6) is 0.692. The van der Waals surface area contributed by atoms with E-state index < -0.39 is 0 Å². The molecule has 1 fully saturated rings. The van der Waals surface area contributed by atoms with Crippen molar-refractivity contribution in [2.24, 2.45) is 10.9 Å². The van der Waals surface area contributed by atoms with Gasteiger partial charge in [0.05, 0.1) is 16.7 Å². The van der Waals surface area contributed by atoms with Gasteiger partial charge >= 0.3 is 0 Å². The molecule has 256 valence electrons. The van der Waals surface area contributed by atoms with Gasteiger partial charge in [-0.15, -0.1) is 0 Å². The lowest BCUT2D eigenvalue weighted by Crippen LogP contribution is -2.09. The summed E-state index contributed by atoms with van der Waals surface area (Å²) in [6, 6.07) is 45.4. The summed E-state index contributed by atoms with van der Waals surface area (Å²) < 4.78 is 2.35. The van der Waals surface area contributed by atoms with Gasteiger partial charge in [0, 0.05) is 57.0 Å². The van der Waals surface area contributed by atoms with Gasteiger partial charge in [0.15, 0.2) is 0 Å². The minimum absolute atomic E-state index is 0.237. The van der Waals surface area contributed by atoms with Crippen LogP contribution in [0.5, 0.6) is 0 Å². The van der Waals surface area contributed by atoms with E-state index in [0.717, 1.165) is 45.8 Å². The van der Waals surface area contributed by atoms with Gasteiger partial charge in [-0.05, 0) is 103 Å². The molecule has 1 aromatic heterocycles. The van der Waals surface area contributed by atoms with Crippen molar-refractivity contribution in [3.63, 3.8) is 0 Å². The molecular formula is C49H45N3. The number of aliphatic imine (C=N–C) groups is 1. The molecule has 52 heavy (non-hydrogen) atoms. The highest BCUT2D eigenvalue weighted by Crippen LogP contribution is 2.43. The van der Waals surface area contributed by atoms with Crippen molar-refractivity contribution < 1.29 is 0 Å². The largest absolute Gasteiger partial charge is 0.359 e. The van der Waals surface area contributed by atoms with E-state index in [0.29, 0.717) is 5.92 Å². The first-order valence-corrected chi connectivity index (χ1v) is 18.7. The molecule has 5 aromatic carbocycles. The van der Waals surface area contributed by atoms with Gasteiger partial charge in [0.1, 0.15) is 0 Å². The van der Waals surface area contributed by atoms with Crippen molar-refractivity contribution in [1.29, 1.82) is 0 Å². The predicted octanol–water partition coefficient (Wildman–Crippen LogP) is 12.9. The summed E-state index contributed by atoms with van der Waals surface area (Å²) in [4.78, 5) is 5.23. The fourth-order valence-electron chi connectivity index (χ4n) is 8.18. The molecule has 1 atom stereocenters. The number of nitrogens with zero attached hydrogens (tertiary/aromatic N) is 2. The Morgan fingerprint density at radius 2 is 1.56 bits per heavy atom. The number of anilines is 1. The predicted molar refractivity (Wildman–Crippen MR) is 221 cm³/mol. The minimum Gasteiger partial charge on any atom is -0.359 e. The number of allylic oxidation sites excluding steroid dienone is 6. The quantitative estimate of drug-likeness (QED) is 0.152. The molecular weight excluding hydrogens is 631 g/mol. The van der Waals surface area contributed by atoms with Gasteiger partial charge in [-0.2, -0.15) is 0 Å². The lowest BCUT2D eigenvalue weighted by molar-refractivity contribution is 0.401. The van der Waals surface area contributed by atoms with Gasteiger partial charge in [0.2, 0.25) is 0 Å². The van der Waals surface area contributed by atoms with Gasteiger partial charge in [-0.3, -0.25) is 4.99 Å². The van der Waals surface area contributed by atoms with Crippen molar-refractivity contribution in [2.75, 3.05) is 5.32 Å². The average Bonchev–Trinajstić information content (AvgIpc) is 3.70. The molecule has 1 unspecified atom stereocenters.